The number of carbonyl (C=O) groups is 1. The zero-order valence-electron chi connectivity index (χ0n) is 19.6. The molecule has 0 bridgehead atoms. The van der Waals surface area contributed by atoms with Crippen LogP contribution in [0, 0.1) is 0 Å². The summed E-state index contributed by atoms with van der Waals surface area (Å²) in [5.41, 5.74) is 3.85. The number of piperazine rings is 1. The Kier molecular flexibility index (Phi) is 6.81. The number of ether oxygens (including phenoxy) is 1. The molecule has 0 aliphatic carbocycles. The predicted molar refractivity (Wildman–Crippen MR) is 132 cm³/mol. The fourth-order valence-corrected chi connectivity index (χ4v) is 4.24. The van der Waals surface area contributed by atoms with Gasteiger partial charge in [0, 0.05) is 50.7 Å². The quantitative estimate of drug-likeness (QED) is 0.408. The summed E-state index contributed by atoms with van der Waals surface area (Å²) in [5.74, 6) is 1.93. The zero-order chi connectivity index (χ0) is 24.0. The van der Waals surface area contributed by atoms with Crippen LogP contribution >= 0.6 is 0 Å². The number of hydrogen-bond donors (Lipinski definition) is 0. The third-order valence-electron chi connectivity index (χ3n) is 6.14. The largest absolute Gasteiger partial charge is 0.497 e. The molecule has 1 amide bonds. The van der Waals surface area contributed by atoms with Gasteiger partial charge in [0.2, 0.25) is 11.7 Å². The topological polar surface area (TPSA) is 84.6 Å². The molecule has 35 heavy (non-hydrogen) atoms. The second-order valence-corrected chi connectivity index (χ2v) is 8.55. The van der Waals surface area contributed by atoms with Crippen LogP contribution in [0.4, 0.5) is 0 Å². The Morgan fingerprint density at radius 2 is 1.77 bits per heavy atom. The molecule has 0 N–H and O–H groups in total. The molecule has 1 saturated heterocycles. The van der Waals surface area contributed by atoms with Gasteiger partial charge in [0.25, 0.3) is 5.89 Å². The average molecular weight is 470 g/mol. The van der Waals surface area contributed by atoms with Gasteiger partial charge < -0.3 is 14.2 Å². The van der Waals surface area contributed by atoms with Crippen LogP contribution in [-0.2, 0) is 17.8 Å². The van der Waals surface area contributed by atoms with E-state index >= 15 is 0 Å². The lowest BCUT2D eigenvalue weighted by Crippen LogP contribution is -2.48. The van der Waals surface area contributed by atoms with Gasteiger partial charge in [-0.2, -0.15) is 4.98 Å². The van der Waals surface area contributed by atoms with Crippen LogP contribution in [0.1, 0.15) is 11.1 Å². The highest BCUT2D eigenvalue weighted by Gasteiger charge is 2.21. The smallest absolute Gasteiger partial charge is 0.259 e. The second kappa shape index (κ2) is 10.5. The van der Waals surface area contributed by atoms with Crippen molar-refractivity contribution in [1.29, 1.82) is 0 Å². The van der Waals surface area contributed by atoms with E-state index in [4.69, 9.17) is 9.26 Å². The Morgan fingerprint density at radius 1 is 0.971 bits per heavy atom. The van der Waals surface area contributed by atoms with Crippen LogP contribution < -0.4 is 4.74 Å². The summed E-state index contributed by atoms with van der Waals surface area (Å²) in [5, 5.41) is 4.15. The monoisotopic (exact) mass is 469 g/mol. The summed E-state index contributed by atoms with van der Waals surface area (Å²) in [6.45, 7) is 3.92. The first-order valence-corrected chi connectivity index (χ1v) is 11.6. The van der Waals surface area contributed by atoms with Crippen molar-refractivity contribution in [2.45, 2.75) is 13.0 Å². The summed E-state index contributed by atoms with van der Waals surface area (Å²) >= 11 is 0. The first-order chi connectivity index (χ1) is 17.2. The maximum absolute atomic E-state index is 12.8. The molecule has 2 aromatic heterocycles. The van der Waals surface area contributed by atoms with Crippen molar-refractivity contribution >= 4 is 5.91 Å². The molecule has 0 radical (unpaired) electrons. The Balaban J connectivity index is 1.17. The molecule has 0 unspecified atom stereocenters. The highest BCUT2D eigenvalue weighted by atomic mass is 16.5. The Bertz CT molecular complexity index is 1280. The van der Waals surface area contributed by atoms with E-state index in [1.165, 1.54) is 5.56 Å². The van der Waals surface area contributed by atoms with Gasteiger partial charge in [-0.25, -0.2) is 0 Å². The molecule has 5 rings (SSSR count). The number of hydrogen-bond acceptors (Lipinski definition) is 7. The number of rotatable bonds is 7. The van der Waals surface area contributed by atoms with Crippen molar-refractivity contribution in [1.82, 2.24) is 24.9 Å². The zero-order valence-corrected chi connectivity index (χ0v) is 19.6. The molecule has 0 saturated carbocycles. The van der Waals surface area contributed by atoms with Crippen molar-refractivity contribution in [2.24, 2.45) is 0 Å². The molecule has 1 fully saturated rings. The number of carbonyl (C=O) groups excluding carboxylic acids is 1. The number of benzene rings is 2. The SMILES string of the molecule is COc1cccc(CC(=O)N2CCN(Cc3cccc(-c4noc(-c5cccnc5)n4)c3)CC2)c1. The normalized spacial score (nSPS) is 14.1. The van der Waals surface area contributed by atoms with Gasteiger partial charge in [0.15, 0.2) is 0 Å². The molecule has 8 heteroatoms. The Labute approximate surface area is 204 Å². The summed E-state index contributed by atoms with van der Waals surface area (Å²) in [6, 6.07) is 19.6. The molecule has 8 nitrogen and oxygen atoms in total. The van der Waals surface area contributed by atoms with Crippen LogP contribution in [0.15, 0.2) is 77.6 Å². The fraction of sp³-hybridized carbons (Fsp3) is 0.259. The van der Waals surface area contributed by atoms with E-state index in [2.05, 4.69) is 32.2 Å². The predicted octanol–water partition coefficient (Wildman–Crippen LogP) is 3.69. The van der Waals surface area contributed by atoms with Gasteiger partial charge in [-0.15, -0.1) is 0 Å². The van der Waals surface area contributed by atoms with Crippen LogP contribution in [0.5, 0.6) is 5.75 Å². The lowest BCUT2D eigenvalue weighted by Gasteiger charge is -2.35. The van der Waals surface area contributed by atoms with E-state index in [0.29, 0.717) is 18.1 Å². The molecular formula is C27H27N5O3. The number of nitrogens with zero attached hydrogens (tertiary/aromatic N) is 5. The van der Waals surface area contributed by atoms with Crippen molar-refractivity contribution in [3.05, 3.63) is 84.2 Å². The van der Waals surface area contributed by atoms with Crippen molar-refractivity contribution in [3.63, 3.8) is 0 Å². The van der Waals surface area contributed by atoms with Crippen molar-refractivity contribution in [2.75, 3.05) is 33.3 Å². The number of aromatic nitrogens is 3. The van der Waals surface area contributed by atoms with E-state index in [1.807, 2.05) is 53.4 Å². The maximum Gasteiger partial charge on any atom is 0.259 e. The van der Waals surface area contributed by atoms with Gasteiger partial charge in [0.1, 0.15) is 5.75 Å². The van der Waals surface area contributed by atoms with Crippen LogP contribution in [0.2, 0.25) is 0 Å². The summed E-state index contributed by atoms with van der Waals surface area (Å²) < 4.78 is 10.7. The highest BCUT2D eigenvalue weighted by Crippen LogP contribution is 2.23. The lowest BCUT2D eigenvalue weighted by atomic mass is 10.1. The minimum absolute atomic E-state index is 0.154. The van der Waals surface area contributed by atoms with E-state index in [-0.39, 0.29) is 5.91 Å². The Hall–Kier alpha value is -4.04. The molecule has 0 atom stereocenters. The van der Waals surface area contributed by atoms with E-state index < -0.39 is 0 Å². The van der Waals surface area contributed by atoms with E-state index in [9.17, 15) is 4.79 Å². The standard InChI is InChI=1S/C27H27N5O3/c1-34-24-9-3-5-20(16-24)17-25(33)32-13-11-31(12-14-32)19-21-6-2-7-22(15-21)26-29-27(35-30-26)23-8-4-10-28-18-23/h2-10,15-16,18H,11-14,17,19H2,1H3. The number of amides is 1. The summed E-state index contributed by atoms with van der Waals surface area (Å²) in [4.78, 5) is 25.7. The average Bonchev–Trinajstić information content (AvgIpc) is 3.40. The van der Waals surface area contributed by atoms with Crippen LogP contribution in [-0.4, -0.2) is 64.1 Å². The fourth-order valence-electron chi connectivity index (χ4n) is 4.24. The van der Waals surface area contributed by atoms with Crippen molar-refractivity contribution in [3.8, 4) is 28.6 Å². The molecule has 178 valence electrons. The summed E-state index contributed by atoms with van der Waals surface area (Å²) in [6.07, 6.45) is 3.81. The van der Waals surface area contributed by atoms with Crippen LogP contribution in [0.25, 0.3) is 22.8 Å². The van der Waals surface area contributed by atoms with Gasteiger partial charge in [-0.1, -0.05) is 35.5 Å². The van der Waals surface area contributed by atoms with Gasteiger partial charge in [-0.05, 0) is 41.5 Å². The highest BCUT2D eigenvalue weighted by molar-refractivity contribution is 5.79. The van der Waals surface area contributed by atoms with Crippen molar-refractivity contribution < 1.29 is 14.1 Å². The van der Waals surface area contributed by atoms with Crippen LogP contribution in [0.3, 0.4) is 0 Å². The first-order valence-electron chi connectivity index (χ1n) is 11.6. The number of pyridine rings is 1. The van der Waals surface area contributed by atoms with E-state index in [1.54, 1.807) is 19.5 Å². The molecule has 3 heterocycles. The summed E-state index contributed by atoms with van der Waals surface area (Å²) in [7, 11) is 1.64. The molecule has 2 aromatic carbocycles. The minimum atomic E-state index is 0.154. The van der Waals surface area contributed by atoms with Gasteiger partial charge in [0.05, 0.1) is 19.1 Å². The Morgan fingerprint density at radius 3 is 2.57 bits per heavy atom. The molecule has 1 aliphatic heterocycles. The van der Waals surface area contributed by atoms with Gasteiger partial charge >= 0.3 is 0 Å². The third-order valence-corrected chi connectivity index (χ3v) is 6.14. The second-order valence-electron chi connectivity index (χ2n) is 8.55. The molecular weight excluding hydrogens is 442 g/mol. The third kappa shape index (κ3) is 5.55. The number of methoxy groups -OCH3 is 1. The molecule has 0 spiro atoms. The lowest BCUT2D eigenvalue weighted by molar-refractivity contribution is -0.132. The van der Waals surface area contributed by atoms with Gasteiger partial charge in [-0.3, -0.25) is 14.7 Å². The molecule has 1 aliphatic rings. The maximum atomic E-state index is 12.8. The first kappa shape index (κ1) is 22.7. The van der Waals surface area contributed by atoms with E-state index in [0.717, 1.165) is 55.2 Å². The molecule has 4 aromatic rings. The minimum Gasteiger partial charge on any atom is -0.497 e.